The van der Waals surface area contributed by atoms with Crippen molar-refractivity contribution >= 4 is 29.5 Å². The van der Waals surface area contributed by atoms with Gasteiger partial charge in [0.25, 0.3) is 0 Å². The van der Waals surface area contributed by atoms with Crippen LogP contribution in [0.1, 0.15) is 20.8 Å². The molecular formula is C16H20AcFN2O4S-. The summed E-state index contributed by atoms with van der Waals surface area (Å²) in [6.45, 7) is 5.50. The van der Waals surface area contributed by atoms with E-state index in [0.29, 0.717) is 10.6 Å². The number of benzene rings is 1. The van der Waals surface area contributed by atoms with Gasteiger partial charge < -0.3 is 15.2 Å². The van der Waals surface area contributed by atoms with Crippen molar-refractivity contribution in [2.24, 2.45) is 0 Å². The third-order valence-electron chi connectivity index (χ3n) is 3.46. The molecule has 0 aromatic heterocycles. The number of cyclic esters (lactones) is 1. The quantitative estimate of drug-likeness (QED) is 0.378. The van der Waals surface area contributed by atoms with Gasteiger partial charge in [-0.05, 0) is 39.0 Å². The molecule has 0 aliphatic carbocycles. The number of thioether (sulfide) groups is 1. The van der Waals surface area contributed by atoms with Crippen LogP contribution in [0.4, 0.5) is 14.9 Å². The molecule has 1 radical (unpaired) electrons. The second kappa shape index (κ2) is 9.54. The standard InChI is InChI=1S/C16H20FN2O4S.Ac/c1-4-22-14(20)16(2,3)24-13-6-5-10(7-12(13)17)19-9-11(8-18)23-15(19)21;/h5-7,11,18H,4,8-9H2,1-3H3;/q-1;/t11-;/m0./s1. The van der Waals surface area contributed by atoms with Crippen molar-refractivity contribution in [2.45, 2.75) is 36.5 Å². The van der Waals surface area contributed by atoms with Crippen LogP contribution in [0.5, 0.6) is 0 Å². The molecule has 1 atom stereocenters. The molecule has 1 aliphatic heterocycles. The Kier molecular flexibility index (Phi) is 8.66. The van der Waals surface area contributed by atoms with E-state index in [2.05, 4.69) is 0 Å². The van der Waals surface area contributed by atoms with Crippen molar-refractivity contribution in [3.63, 3.8) is 0 Å². The van der Waals surface area contributed by atoms with Crippen LogP contribution in [0.25, 0.3) is 5.73 Å². The summed E-state index contributed by atoms with van der Waals surface area (Å²) in [5.74, 6) is -0.947. The third-order valence-corrected chi connectivity index (χ3v) is 4.69. The zero-order chi connectivity index (χ0) is 17.9. The minimum atomic E-state index is -0.929. The average Bonchev–Trinajstić information content (AvgIpc) is 2.90. The first-order chi connectivity index (χ1) is 11.3. The summed E-state index contributed by atoms with van der Waals surface area (Å²) in [5, 5.41) is 0. The number of carbonyl (C=O) groups is 2. The van der Waals surface area contributed by atoms with Crippen LogP contribution >= 0.6 is 11.8 Å². The van der Waals surface area contributed by atoms with E-state index in [1.807, 2.05) is 0 Å². The molecule has 1 aliphatic rings. The van der Waals surface area contributed by atoms with Gasteiger partial charge >= 0.3 is 12.1 Å². The Morgan fingerprint density at radius 1 is 1.52 bits per heavy atom. The number of anilines is 1. The van der Waals surface area contributed by atoms with E-state index in [1.54, 1.807) is 26.8 Å². The molecule has 6 nitrogen and oxygen atoms in total. The largest absolute Gasteiger partial charge is 0.674 e. The molecule has 1 amide bonds. The molecule has 0 bridgehead atoms. The Labute approximate surface area is 186 Å². The van der Waals surface area contributed by atoms with Crippen LogP contribution in [0, 0.1) is 49.9 Å². The zero-order valence-electron chi connectivity index (χ0n) is 14.4. The van der Waals surface area contributed by atoms with Crippen LogP contribution < -0.4 is 4.90 Å². The molecule has 0 spiro atoms. The molecule has 0 saturated carbocycles. The summed E-state index contributed by atoms with van der Waals surface area (Å²) < 4.78 is 23.5. The van der Waals surface area contributed by atoms with Crippen molar-refractivity contribution in [3.05, 3.63) is 29.7 Å². The SMILES string of the molecule is CCOC(=O)C(C)(C)Sc1ccc(N2C[C@H](C[NH-])OC2=O)cc1F.[Ac]. The van der Waals surface area contributed by atoms with Gasteiger partial charge in [0.1, 0.15) is 16.7 Å². The summed E-state index contributed by atoms with van der Waals surface area (Å²) in [6.07, 6.45) is -1.09. The fourth-order valence-corrected chi connectivity index (χ4v) is 3.19. The van der Waals surface area contributed by atoms with Gasteiger partial charge in [-0.3, -0.25) is 9.69 Å². The number of halogens is 1. The summed E-state index contributed by atoms with van der Waals surface area (Å²) in [7, 11) is 0. The normalized spacial score (nSPS) is 17.1. The maximum atomic E-state index is 14.4. The number of carbonyl (C=O) groups excluding carboxylic acids is 2. The molecule has 9 heteroatoms. The number of amides is 1. The Bertz CT molecular complexity index is 645. The van der Waals surface area contributed by atoms with Gasteiger partial charge in [0.05, 0.1) is 18.8 Å². The van der Waals surface area contributed by atoms with Crippen molar-refractivity contribution in [2.75, 3.05) is 24.6 Å². The Morgan fingerprint density at radius 3 is 2.72 bits per heavy atom. The van der Waals surface area contributed by atoms with Crippen LogP contribution in [-0.4, -0.2) is 42.6 Å². The van der Waals surface area contributed by atoms with Gasteiger partial charge in [-0.1, -0.05) is 0 Å². The fraction of sp³-hybridized carbons (Fsp3) is 0.500. The first-order valence-electron chi connectivity index (χ1n) is 7.57. The minimum Gasteiger partial charge on any atom is -0.674 e. The van der Waals surface area contributed by atoms with Gasteiger partial charge in [-0.2, -0.15) is 0 Å². The minimum absolute atomic E-state index is 0. The molecule has 1 N–H and O–H groups in total. The van der Waals surface area contributed by atoms with Gasteiger partial charge in [0.15, 0.2) is 0 Å². The molecular weight excluding hydrogens is 562 g/mol. The van der Waals surface area contributed by atoms with Crippen LogP contribution in [0.2, 0.25) is 0 Å². The summed E-state index contributed by atoms with van der Waals surface area (Å²) >= 11 is 1.06. The summed E-state index contributed by atoms with van der Waals surface area (Å²) in [5.41, 5.74) is 7.63. The summed E-state index contributed by atoms with van der Waals surface area (Å²) in [6, 6.07) is 4.36. The van der Waals surface area contributed by atoms with Crippen LogP contribution in [0.3, 0.4) is 0 Å². The molecule has 135 valence electrons. The van der Waals surface area contributed by atoms with Crippen molar-refractivity contribution in [1.82, 2.24) is 0 Å². The molecule has 1 heterocycles. The first-order valence-corrected chi connectivity index (χ1v) is 8.38. The third kappa shape index (κ3) is 5.56. The van der Waals surface area contributed by atoms with E-state index in [1.165, 1.54) is 17.0 Å². The van der Waals surface area contributed by atoms with Crippen molar-refractivity contribution < 1.29 is 67.5 Å². The van der Waals surface area contributed by atoms with Crippen molar-refractivity contribution in [1.29, 1.82) is 0 Å². The first kappa shape index (κ1) is 22.7. The molecule has 0 unspecified atom stereocenters. The number of esters is 1. The topological polar surface area (TPSA) is 79.6 Å². The number of hydrogen-bond donors (Lipinski definition) is 0. The fourth-order valence-electron chi connectivity index (χ4n) is 2.20. The van der Waals surface area contributed by atoms with Gasteiger partial charge in [0, 0.05) is 49.0 Å². The van der Waals surface area contributed by atoms with Crippen molar-refractivity contribution in [3.8, 4) is 0 Å². The molecule has 1 fully saturated rings. The zero-order valence-corrected chi connectivity index (χ0v) is 19.9. The predicted octanol–water partition coefficient (Wildman–Crippen LogP) is 3.64. The predicted molar refractivity (Wildman–Crippen MR) is 89.8 cm³/mol. The van der Waals surface area contributed by atoms with Crippen LogP contribution in [0.15, 0.2) is 23.1 Å². The van der Waals surface area contributed by atoms with Gasteiger partial charge in [-0.25, -0.2) is 9.18 Å². The molecule has 1 aromatic rings. The van der Waals surface area contributed by atoms with Gasteiger partial charge in [0.2, 0.25) is 0 Å². The van der Waals surface area contributed by atoms with E-state index in [0.717, 1.165) is 11.8 Å². The van der Waals surface area contributed by atoms with E-state index >= 15 is 0 Å². The second-order valence-corrected chi connectivity index (χ2v) is 7.43. The number of nitrogens with one attached hydrogen (secondary N) is 1. The van der Waals surface area contributed by atoms with E-state index in [4.69, 9.17) is 15.2 Å². The monoisotopic (exact) mass is 582 g/mol. The molecule has 25 heavy (non-hydrogen) atoms. The van der Waals surface area contributed by atoms with Crippen LogP contribution in [-0.2, 0) is 14.3 Å². The molecule has 1 saturated heterocycles. The Hall–Kier alpha value is -0.358. The number of rotatable bonds is 6. The maximum absolute atomic E-state index is 14.4. The Morgan fingerprint density at radius 2 is 2.20 bits per heavy atom. The van der Waals surface area contributed by atoms with E-state index in [9.17, 15) is 14.0 Å². The number of nitrogens with zero attached hydrogens (tertiary/aromatic N) is 1. The average molecular weight is 582 g/mol. The number of hydrogen-bond acceptors (Lipinski definition) is 5. The smallest absolute Gasteiger partial charge is 0.414 e. The van der Waals surface area contributed by atoms with E-state index < -0.39 is 28.7 Å². The van der Waals surface area contributed by atoms with E-state index in [-0.39, 0.29) is 63.8 Å². The maximum Gasteiger partial charge on any atom is 0.414 e. The second-order valence-electron chi connectivity index (χ2n) is 5.77. The summed E-state index contributed by atoms with van der Waals surface area (Å²) in [4.78, 5) is 25.3. The number of ether oxygens (including phenoxy) is 2. The molecule has 1 aromatic carbocycles. The molecule has 2 rings (SSSR count). The van der Waals surface area contributed by atoms with Gasteiger partial charge in [-0.15, -0.1) is 18.3 Å². The Balaban J connectivity index is 0.00000312.